The first-order chi connectivity index (χ1) is 15.7. The lowest BCUT2D eigenvalue weighted by atomic mass is 10.1. The average Bonchev–Trinajstić information content (AvgIpc) is 2.77. The van der Waals surface area contributed by atoms with Gasteiger partial charge in [-0.05, 0) is 85.7 Å². The highest BCUT2D eigenvalue weighted by atomic mass is 32.2. The van der Waals surface area contributed by atoms with E-state index in [-0.39, 0.29) is 11.4 Å². The number of hydrogen-bond acceptors (Lipinski definition) is 6. The van der Waals surface area contributed by atoms with Crippen molar-refractivity contribution in [1.29, 1.82) is 0 Å². The van der Waals surface area contributed by atoms with E-state index < -0.39 is 11.5 Å². The van der Waals surface area contributed by atoms with Gasteiger partial charge in [0.2, 0.25) is 0 Å². The van der Waals surface area contributed by atoms with Crippen molar-refractivity contribution < 1.29 is 13.9 Å². The van der Waals surface area contributed by atoms with E-state index >= 15 is 0 Å². The molecular weight excluding hydrogens is 443 g/mol. The van der Waals surface area contributed by atoms with E-state index in [1.807, 2.05) is 6.07 Å². The molecule has 172 valence electrons. The molecular formula is C24H25FN4O3S. The summed E-state index contributed by atoms with van der Waals surface area (Å²) < 4.78 is 24.2. The molecule has 9 heteroatoms. The maximum atomic E-state index is 13.8. The van der Waals surface area contributed by atoms with Crippen molar-refractivity contribution in [2.24, 2.45) is 7.05 Å². The summed E-state index contributed by atoms with van der Waals surface area (Å²) in [6.07, 6.45) is 0. The molecule has 1 aromatic heterocycles. The van der Waals surface area contributed by atoms with E-state index in [1.54, 1.807) is 38.3 Å². The molecule has 0 bridgehead atoms. The lowest BCUT2D eigenvalue weighted by molar-refractivity contribution is 0.0953. The summed E-state index contributed by atoms with van der Waals surface area (Å²) in [5.74, 6) is 0.137. The van der Waals surface area contributed by atoms with Crippen molar-refractivity contribution in [3.63, 3.8) is 0 Å². The fraction of sp³-hybridized carbons (Fsp3) is 0.208. The summed E-state index contributed by atoms with van der Waals surface area (Å²) in [4.78, 5) is 25.0. The van der Waals surface area contributed by atoms with Gasteiger partial charge < -0.3 is 14.8 Å². The lowest BCUT2D eigenvalue weighted by Gasteiger charge is -2.17. The number of amides is 1. The van der Waals surface area contributed by atoms with Gasteiger partial charge in [0.05, 0.1) is 5.69 Å². The molecule has 3 aromatic rings. The third-order valence-electron chi connectivity index (χ3n) is 4.80. The molecule has 3 rings (SSSR count). The number of aryl methyl sites for hydroxylation is 3. The summed E-state index contributed by atoms with van der Waals surface area (Å²) >= 11 is 1.29. The van der Waals surface area contributed by atoms with E-state index in [1.165, 1.54) is 37.2 Å². The highest BCUT2D eigenvalue weighted by molar-refractivity contribution is 8.03. The molecule has 0 spiro atoms. The topological polar surface area (TPSA) is 85.3 Å². The Kier molecular flexibility index (Phi) is 7.55. The molecule has 1 amide bonds. The van der Waals surface area contributed by atoms with Gasteiger partial charge in [0.1, 0.15) is 22.9 Å². The highest BCUT2D eigenvalue weighted by Crippen LogP contribution is 2.37. The fourth-order valence-electron chi connectivity index (χ4n) is 3.32. The van der Waals surface area contributed by atoms with Gasteiger partial charge in [-0.25, -0.2) is 9.07 Å². The number of rotatable bonds is 8. The van der Waals surface area contributed by atoms with Gasteiger partial charge in [0.25, 0.3) is 11.5 Å². The van der Waals surface area contributed by atoms with Gasteiger partial charge in [-0.2, -0.15) is 5.10 Å². The highest BCUT2D eigenvalue weighted by Gasteiger charge is 2.19. The zero-order valence-electron chi connectivity index (χ0n) is 18.9. The van der Waals surface area contributed by atoms with Crippen LogP contribution in [-0.4, -0.2) is 22.2 Å². The Morgan fingerprint density at radius 3 is 2.58 bits per heavy atom. The normalized spacial score (nSPS) is 10.6. The Morgan fingerprint density at radius 1 is 1.24 bits per heavy atom. The van der Waals surface area contributed by atoms with Crippen LogP contribution in [0.25, 0.3) is 11.3 Å². The Balaban J connectivity index is 2.18. The zero-order chi connectivity index (χ0) is 24.1. The minimum Gasteiger partial charge on any atom is -0.456 e. The number of ether oxygens (including phenoxy) is 1. The molecule has 0 fully saturated rings. The third-order valence-corrected chi connectivity index (χ3v) is 5.32. The lowest BCUT2D eigenvalue weighted by Crippen LogP contribution is -2.33. The van der Waals surface area contributed by atoms with Crippen molar-refractivity contribution in [2.75, 3.05) is 11.3 Å². The largest absolute Gasteiger partial charge is 0.456 e. The zero-order valence-corrected chi connectivity index (χ0v) is 19.7. The maximum absolute atomic E-state index is 13.8. The first-order valence-electron chi connectivity index (χ1n) is 10.2. The first kappa shape index (κ1) is 24.1. The van der Waals surface area contributed by atoms with Crippen molar-refractivity contribution in [1.82, 2.24) is 15.1 Å². The number of anilines is 1. The Labute approximate surface area is 195 Å². The SMILES string of the molecule is C=CSNc1ccc(Oc2c(C)cc(F)cc2C)c(-c2cc(C(=O)NCC)c(=O)n(C)n2)c1. The van der Waals surface area contributed by atoms with Gasteiger partial charge >= 0.3 is 0 Å². The van der Waals surface area contributed by atoms with Crippen molar-refractivity contribution >= 4 is 23.5 Å². The van der Waals surface area contributed by atoms with Crippen LogP contribution in [0.15, 0.2) is 53.2 Å². The molecule has 0 radical (unpaired) electrons. The Morgan fingerprint density at radius 2 is 1.94 bits per heavy atom. The molecule has 0 saturated heterocycles. The molecule has 1 heterocycles. The smallest absolute Gasteiger partial charge is 0.279 e. The quantitative estimate of drug-likeness (QED) is 0.455. The van der Waals surface area contributed by atoms with Crippen molar-refractivity contribution in [2.45, 2.75) is 20.8 Å². The van der Waals surface area contributed by atoms with Crippen LogP contribution >= 0.6 is 11.9 Å². The third kappa shape index (κ3) is 5.43. The second-order valence-corrected chi connectivity index (χ2v) is 8.07. The van der Waals surface area contributed by atoms with Gasteiger partial charge in [-0.15, -0.1) is 0 Å². The van der Waals surface area contributed by atoms with E-state index in [0.717, 1.165) is 10.4 Å². The minimum absolute atomic E-state index is 0.0247. The predicted octanol–water partition coefficient (Wildman–Crippen LogP) is 4.95. The van der Waals surface area contributed by atoms with Gasteiger partial charge in [0, 0.05) is 24.8 Å². The van der Waals surface area contributed by atoms with Crippen molar-refractivity contribution in [3.05, 3.63) is 81.2 Å². The van der Waals surface area contributed by atoms with E-state index in [0.29, 0.717) is 40.4 Å². The molecule has 0 unspecified atom stereocenters. The average molecular weight is 469 g/mol. The van der Waals surface area contributed by atoms with Crippen molar-refractivity contribution in [3.8, 4) is 22.8 Å². The number of aromatic nitrogens is 2. The summed E-state index contributed by atoms with van der Waals surface area (Å²) in [5, 5.41) is 8.65. The van der Waals surface area contributed by atoms with Gasteiger partial charge in [-0.3, -0.25) is 9.59 Å². The molecule has 7 nitrogen and oxygen atoms in total. The second-order valence-electron chi connectivity index (χ2n) is 7.30. The molecule has 0 aliphatic rings. The van der Waals surface area contributed by atoms with Gasteiger partial charge in [0.15, 0.2) is 0 Å². The number of nitrogens with one attached hydrogen (secondary N) is 2. The molecule has 0 saturated carbocycles. The van der Waals surface area contributed by atoms with Crippen LogP contribution < -0.4 is 20.3 Å². The number of carbonyl (C=O) groups excluding carboxylic acids is 1. The number of hydrogen-bond donors (Lipinski definition) is 2. The summed E-state index contributed by atoms with van der Waals surface area (Å²) in [7, 11) is 1.49. The van der Waals surface area contributed by atoms with Crippen LogP contribution in [0.3, 0.4) is 0 Å². The Bertz CT molecular complexity index is 1250. The van der Waals surface area contributed by atoms with E-state index in [4.69, 9.17) is 4.74 Å². The van der Waals surface area contributed by atoms with Crippen LogP contribution in [0.2, 0.25) is 0 Å². The molecule has 0 atom stereocenters. The monoisotopic (exact) mass is 468 g/mol. The fourth-order valence-corrected chi connectivity index (χ4v) is 3.67. The summed E-state index contributed by atoms with van der Waals surface area (Å²) in [6, 6.07) is 9.61. The predicted molar refractivity (Wildman–Crippen MR) is 130 cm³/mol. The van der Waals surface area contributed by atoms with Gasteiger partial charge in [-0.1, -0.05) is 6.58 Å². The molecule has 0 aliphatic heterocycles. The first-order valence-corrected chi connectivity index (χ1v) is 11.1. The molecule has 0 aliphatic carbocycles. The van der Waals surface area contributed by atoms with Crippen LogP contribution in [-0.2, 0) is 7.05 Å². The standard InChI is InChI=1S/C24H25FN4O3S/c1-6-26-23(30)19-13-20(27-29(5)24(19)31)18-12-17(28-33-7-2)8-9-21(18)32-22-14(3)10-16(25)11-15(22)4/h7-13,28H,2,6H2,1,3-5H3,(H,26,30). The maximum Gasteiger partial charge on any atom is 0.279 e. The molecule has 2 N–H and O–H groups in total. The summed E-state index contributed by atoms with van der Waals surface area (Å²) in [6.45, 7) is 9.36. The number of carbonyl (C=O) groups is 1. The number of benzene rings is 2. The molecule has 2 aromatic carbocycles. The summed E-state index contributed by atoms with van der Waals surface area (Å²) in [5.41, 5.74) is 2.41. The molecule has 33 heavy (non-hydrogen) atoms. The second kappa shape index (κ2) is 10.4. The van der Waals surface area contributed by atoms with Crippen LogP contribution in [0.1, 0.15) is 28.4 Å². The Hall–Kier alpha value is -3.59. The number of halogens is 1. The minimum atomic E-state index is -0.506. The van der Waals surface area contributed by atoms with Crippen LogP contribution in [0, 0.1) is 19.7 Å². The van der Waals surface area contributed by atoms with Crippen LogP contribution in [0.5, 0.6) is 11.5 Å². The van der Waals surface area contributed by atoms with E-state index in [2.05, 4.69) is 21.7 Å². The van der Waals surface area contributed by atoms with Crippen LogP contribution in [0.4, 0.5) is 10.1 Å². The van der Waals surface area contributed by atoms with E-state index in [9.17, 15) is 14.0 Å². The number of nitrogens with zero attached hydrogens (tertiary/aromatic N) is 2.